The minimum Gasteiger partial charge on any atom is -0.369 e. The number of benzene rings is 2. The molecule has 2 aromatic carbocycles. The van der Waals surface area contributed by atoms with E-state index in [-0.39, 0.29) is 30.0 Å². The smallest absolute Gasteiger partial charge is 0.262 e. The van der Waals surface area contributed by atoms with E-state index >= 15 is 4.39 Å². The van der Waals surface area contributed by atoms with Gasteiger partial charge < -0.3 is 14.2 Å². The Labute approximate surface area is 287 Å². The molecule has 11 nitrogen and oxygen atoms in total. The number of nitrogens with zero attached hydrogens (tertiary/aromatic N) is 6. The summed E-state index contributed by atoms with van der Waals surface area (Å²) in [4.78, 5) is 62.7. The molecular formula is C37H37F2N7O4. The van der Waals surface area contributed by atoms with Gasteiger partial charge in [0.15, 0.2) is 5.82 Å². The van der Waals surface area contributed by atoms with E-state index in [2.05, 4.69) is 25.0 Å². The topological polar surface area (TPSA) is 111 Å². The molecule has 1 unspecified atom stereocenters. The Hall–Kier alpha value is -5.17. The molecule has 0 saturated carbocycles. The molecule has 4 aliphatic heterocycles. The van der Waals surface area contributed by atoms with E-state index in [4.69, 9.17) is 0 Å². The van der Waals surface area contributed by atoms with Crippen molar-refractivity contribution in [3.8, 4) is 11.3 Å². The van der Waals surface area contributed by atoms with Crippen molar-refractivity contribution in [3.63, 3.8) is 0 Å². The average Bonchev–Trinajstić information content (AvgIpc) is 3.64. The molecule has 4 aliphatic rings. The average molecular weight is 682 g/mol. The van der Waals surface area contributed by atoms with Gasteiger partial charge in [-0.15, -0.1) is 0 Å². The van der Waals surface area contributed by atoms with E-state index in [1.54, 1.807) is 40.9 Å². The first-order valence-electron chi connectivity index (χ1n) is 17.2. The van der Waals surface area contributed by atoms with Crippen LogP contribution in [0, 0.1) is 17.6 Å². The number of nitrogens with one attached hydrogen (secondary N) is 1. The van der Waals surface area contributed by atoms with E-state index in [1.807, 2.05) is 6.07 Å². The highest BCUT2D eigenvalue weighted by Crippen LogP contribution is 2.32. The number of halogens is 2. The number of rotatable bonds is 7. The van der Waals surface area contributed by atoms with Crippen LogP contribution in [0.3, 0.4) is 0 Å². The van der Waals surface area contributed by atoms with Gasteiger partial charge in [0.1, 0.15) is 17.5 Å². The van der Waals surface area contributed by atoms with Crippen LogP contribution in [0.2, 0.25) is 0 Å². The number of amides is 4. The first kappa shape index (κ1) is 32.1. The van der Waals surface area contributed by atoms with Crippen molar-refractivity contribution in [2.45, 2.75) is 38.1 Å². The van der Waals surface area contributed by atoms with Crippen LogP contribution in [-0.4, -0.2) is 94.7 Å². The lowest BCUT2D eigenvalue weighted by molar-refractivity contribution is -0.136. The fourth-order valence-electron chi connectivity index (χ4n) is 7.71. The van der Waals surface area contributed by atoms with Gasteiger partial charge in [-0.2, -0.15) is 0 Å². The van der Waals surface area contributed by atoms with Gasteiger partial charge in [0.2, 0.25) is 11.8 Å². The number of hydrogen-bond donors (Lipinski definition) is 1. The Kier molecular flexibility index (Phi) is 8.30. The number of aromatic nitrogens is 2. The second-order valence-electron chi connectivity index (χ2n) is 13.6. The number of fused-ring (bicyclic) bond motifs is 2. The summed E-state index contributed by atoms with van der Waals surface area (Å²) in [5, 5.41) is 2.23. The minimum absolute atomic E-state index is 0.0879. The molecule has 6 heterocycles. The molecule has 0 spiro atoms. The first-order chi connectivity index (χ1) is 24.2. The Balaban J connectivity index is 0.824. The molecule has 258 valence electrons. The molecular weight excluding hydrogens is 644 g/mol. The number of hydrogen-bond acceptors (Lipinski definition) is 8. The van der Waals surface area contributed by atoms with Gasteiger partial charge >= 0.3 is 0 Å². The number of piperazine rings is 1. The standard InChI is InChI=1S/C37H37F2N7O4/c38-25-3-1-24(2-4-25)30-22-45-21-29(39)32(20-33(45)40-30)44-13-10-23(11-14-44)9-12-42-15-17-43(18-16-42)26-5-6-27-28(19-26)37(50)46(36(27)49)31-7-8-34(47)41-35(31)48/h1-6,19-23,31H,7-18H2,(H,41,47,48). The third-order valence-corrected chi connectivity index (χ3v) is 10.6. The maximum absolute atomic E-state index is 15.2. The summed E-state index contributed by atoms with van der Waals surface area (Å²) >= 11 is 0. The van der Waals surface area contributed by atoms with Crippen LogP contribution in [0.1, 0.15) is 52.8 Å². The van der Waals surface area contributed by atoms with Gasteiger partial charge in [-0.25, -0.2) is 13.8 Å². The molecule has 1 N–H and O–H groups in total. The van der Waals surface area contributed by atoms with E-state index in [0.29, 0.717) is 28.5 Å². The highest BCUT2D eigenvalue weighted by atomic mass is 19.1. The lowest BCUT2D eigenvalue weighted by Gasteiger charge is -2.38. The third-order valence-electron chi connectivity index (χ3n) is 10.6. The normalized spacial score (nSPS) is 20.6. The fourth-order valence-corrected chi connectivity index (χ4v) is 7.71. The fraction of sp³-hybridized carbons (Fsp3) is 0.378. The molecule has 1 atom stereocenters. The van der Waals surface area contributed by atoms with Gasteiger partial charge in [-0.3, -0.25) is 34.3 Å². The molecule has 2 aromatic heterocycles. The number of carbonyl (C=O) groups is 4. The molecule has 0 aliphatic carbocycles. The monoisotopic (exact) mass is 681 g/mol. The zero-order chi connectivity index (χ0) is 34.5. The Morgan fingerprint density at radius 3 is 2.26 bits per heavy atom. The van der Waals surface area contributed by atoms with E-state index in [1.165, 1.54) is 18.3 Å². The molecule has 50 heavy (non-hydrogen) atoms. The first-order valence-corrected chi connectivity index (χ1v) is 17.2. The van der Waals surface area contributed by atoms with E-state index in [9.17, 15) is 23.6 Å². The summed E-state index contributed by atoms with van der Waals surface area (Å²) in [6, 6.07) is 12.2. The number of imidazole rings is 1. The van der Waals surface area contributed by atoms with Gasteiger partial charge in [0.05, 0.1) is 22.5 Å². The maximum atomic E-state index is 15.2. The van der Waals surface area contributed by atoms with Gasteiger partial charge in [0, 0.05) is 75.4 Å². The van der Waals surface area contributed by atoms with Crippen LogP contribution in [0.4, 0.5) is 20.2 Å². The minimum atomic E-state index is -0.976. The van der Waals surface area contributed by atoms with Crippen molar-refractivity contribution in [2.75, 3.05) is 55.6 Å². The van der Waals surface area contributed by atoms with E-state index < -0.39 is 29.7 Å². The summed E-state index contributed by atoms with van der Waals surface area (Å²) < 4.78 is 30.3. The predicted molar refractivity (Wildman–Crippen MR) is 182 cm³/mol. The lowest BCUT2D eigenvalue weighted by Crippen LogP contribution is -2.54. The van der Waals surface area contributed by atoms with Crippen LogP contribution in [0.5, 0.6) is 0 Å². The molecule has 0 radical (unpaired) electrons. The number of carbonyl (C=O) groups excluding carboxylic acids is 4. The predicted octanol–water partition coefficient (Wildman–Crippen LogP) is 4.11. The van der Waals surface area contributed by atoms with Crippen molar-refractivity contribution in [3.05, 3.63) is 83.7 Å². The second kappa shape index (κ2) is 12.9. The van der Waals surface area contributed by atoms with E-state index in [0.717, 1.165) is 81.2 Å². The molecule has 8 rings (SSSR count). The largest absolute Gasteiger partial charge is 0.369 e. The Morgan fingerprint density at radius 1 is 0.780 bits per heavy atom. The van der Waals surface area contributed by atoms with Crippen molar-refractivity contribution in [1.29, 1.82) is 0 Å². The number of imide groups is 2. The Bertz CT molecular complexity index is 2000. The van der Waals surface area contributed by atoms with Gasteiger partial charge in [0.25, 0.3) is 11.8 Å². The number of pyridine rings is 1. The maximum Gasteiger partial charge on any atom is 0.262 e. The van der Waals surface area contributed by atoms with Crippen LogP contribution in [0.25, 0.3) is 16.9 Å². The summed E-state index contributed by atoms with van der Waals surface area (Å²) in [5.74, 6) is -2.05. The number of anilines is 2. The van der Waals surface area contributed by atoms with Crippen LogP contribution < -0.4 is 15.1 Å². The molecule has 13 heteroatoms. The molecule has 3 saturated heterocycles. The number of piperidine rings is 2. The highest BCUT2D eigenvalue weighted by Gasteiger charge is 2.44. The second-order valence-corrected chi connectivity index (χ2v) is 13.6. The van der Waals surface area contributed by atoms with Crippen molar-refractivity contribution >= 4 is 40.7 Å². The van der Waals surface area contributed by atoms with Gasteiger partial charge in [-0.1, -0.05) is 0 Å². The lowest BCUT2D eigenvalue weighted by atomic mass is 9.93. The molecule has 3 fully saturated rings. The van der Waals surface area contributed by atoms with Crippen LogP contribution in [-0.2, 0) is 9.59 Å². The molecule has 4 aromatic rings. The zero-order valence-corrected chi connectivity index (χ0v) is 27.5. The summed E-state index contributed by atoms with van der Waals surface area (Å²) in [6.07, 6.45) is 6.48. The van der Waals surface area contributed by atoms with Gasteiger partial charge in [-0.05, 0) is 80.6 Å². The summed E-state index contributed by atoms with van der Waals surface area (Å²) in [6.45, 7) is 5.86. The van der Waals surface area contributed by atoms with Crippen molar-refractivity contribution < 1.29 is 28.0 Å². The van der Waals surface area contributed by atoms with Crippen molar-refractivity contribution in [2.24, 2.45) is 5.92 Å². The zero-order valence-electron chi connectivity index (χ0n) is 27.5. The van der Waals surface area contributed by atoms with Crippen LogP contribution in [0.15, 0.2) is 60.9 Å². The highest BCUT2D eigenvalue weighted by molar-refractivity contribution is 6.23. The summed E-state index contributed by atoms with van der Waals surface area (Å²) in [5.41, 5.74) is 4.10. The quantitative estimate of drug-likeness (QED) is 0.291. The Morgan fingerprint density at radius 2 is 1.52 bits per heavy atom. The molecule has 4 amide bonds. The summed E-state index contributed by atoms with van der Waals surface area (Å²) in [7, 11) is 0. The SMILES string of the molecule is O=C1CCC(N2C(=O)c3ccc(N4CCN(CCC5CCN(c6cc7nc(-c8ccc(F)cc8)cn7cc6F)CC5)CC4)cc3C2=O)C(=O)N1. The third kappa shape index (κ3) is 5.99. The van der Waals surface area contributed by atoms with Crippen LogP contribution >= 0.6 is 0 Å². The molecule has 0 bridgehead atoms. The van der Waals surface area contributed by atoms with Crippen molar-refractivity contribution in [1.82, 2.24) is 24.5 Å².